The first-order chi connectivity index (χ1) is 12.4. The molecule has 140 valence electrons. The number of hydrogen-bond donors (Lipinski definition) is 0. The fourth-order valence-electron chi connectivity index (χ4n) is 3.35. The third-order valence-electron chi connectivity index (χ3n) is 4.81. The molecule has 2 heterocycles. The number of rotatable bonds is 5. The fourth-order valence-corrected chi connectivity index (χ4v) is 3.52. The Bertz CT molecular complexity index is 731. The molecule has 2 fully saturated rings. The van der Waals surface area contributed by atoms with Crippen LogP contribution in [-0.2, 0) is 9.59 Å². The van der Waals surface area contributed by atoms with E-state index in [1.165, 1.54) is 0 Å². The Morgan fingerprint density at radius 1 is 1.00 bits per heavy atom. The van der Waals surface area contributed by atoms with Crippen molar-refractivity contribution in [2.75, 3.05) is 44.3 Å². The number of piperazine rings is 1. The highest BCUT2D eigenvalue weighted by Crippen LogP contribution is 2.25. The molecular weight excluding hydrogens is 356 g/mol. The minimum atomic E-state index is -0.725. The van der Waals surface area contributed by atoms with Crippen molar-refractivity contribution < 1.29 is 14.4 Å². The molecule has 26 heavy (non-hydrogen) atoms. The summed E-state index contributed by atoms with van der Waals surface area (Å²) in [6.45, 7) is 7.29. The summed E-state index contributed by atoms with van der Waals surface area (Å²) in [7, 11) is 0. The summed E-state index contributed by atoms with van der Waals surface area (Å²) in [6.07, 6.45) is 0.635. The number of benzene rings is 1. The summed E-state index contributed by atoms with van der Waals surface area (Å²) in [4.78, 5) is 42.7. The summed E-state index contributed by atoms with van der Waals surface area (Å²) in [5, 5.41) is 0.704. The van der Waals surface area contributed by atoms with Crippen molar-refractivity contribution in [1.29, 1.82) is 0 Å². The van der Waals surface area contributed by atoms with Crippen molar-refractivity contribution in [3.05, 3.63) is 28.8 Å². The molecule has 0 saturated carbocycles. The van der Waals surface area contributed by atoms with Gasteiger partial charge in [-0.05, 0) is 31.0 Å². The van der Waals surface area contributed by atoms with Crippen molar-refractivity contribution in [2.24, 2.45) is 0 Å². The molecule has 0 atom stereocenters. The number of imide groups is 2. The van der Waals surface area contributed by atoms with Crippen LogP contribution in [0.3, 0.4) is 0 Å². The van der Waals surface area contributed by atoms with E-state index < -0.39 is 17.8 Å². The van der Waals surface area contributed by atoms with Crippen LogP contribution in [0.4, 0.5) is 10.5 Å². The Balaban J connectivity index is 1.61. The number of hydrogen-bond acceptors (Lipinski definition) is 5. The molecule has 1 aromatic carbocycles. The maximum Gasteiger partial charge on any atom is 0.335 e. The first-order valence-corrected chi connectivity index (χ1v) is 9.21. The molecule has 7 nitrogen and oxygen atoms in total. The van der Waals surface area contributed by atoms with Crippen LogP contribution in [0.5, 0.6) is 0 Å². The molecule has 0 aliphatic carbocycles. The number of carbonyl (C=O) groups excluding carboxylic acids is 3. The van der Waals surface area contributed by atoms with E-state index in [1.54, 1.807) is 0 Å². The monoisotopic (exact) mass is 378 g/mol. The summed E-state index contributed by atoms with van der Waals surface area (Å²) in [5.41, 5.74) is 2.27. The lowest BCUT2D eigenvalue weighted by molar-refractivity contribution is -0.144. The Hall–Kier alpha value is -2.12. The quantitative estimate of drug-likeness (QED) is 0.578. The molecule has 0 aromatic heterocycles. The summed E-state index contributed by atoms with van der Waals surface area (Å²) in [6, 6.07) is 5.33. The Kier molecular flexibility index (Phi) is 5.48. The van der Waals surface area contributed by atoms with Crippen molar-refractivity contribution in [2.45, 2.75) is 20.3 Å². The lowest BCUT2D eigenvalue weighted by atomic mass is 10.1. The molecule has 0 radical (unpaired) electrons. The third-order valence-corrected chi connectivity index (χ3v) is 5.04. The van der Waals surface area contributed by atoms with E-state index in [1.807, 2.05) is 36.9 Å². The first-order valence-electron chi connectivity index (χ1n) is 8.83. The van der Waals surface area contributed by atoms with E-state index >= 15 is 0 Å². The van der Waals surface area contributed by atoms with Gasteiger partial charge in [0.05, 0.1) is 6.67 Å². The van der Waals surface area contributed by atoms with Crippen LogP contribution >= 0.6 is 11.6 Å². The van der Waals surface area contributed by atoms with E-state index in [4.69, 9.17) is 11.6 Å². The molecule has 0 spiro atoms. The minimum Gasteiger partial charge on any atom is -0.369 e. The largest absolute Gasteiger partial charge is 0.369 e. The van der Waals surface area contributed by atoms with Crippen LogP contribution in [0.2, 0.25) is 5.02 Å². The van der Waals surface area contributed by atoms with Gasteiger partial charge in [0.25, 0.3) is 0 Å². The van der Waals surface area contributed by atoms with E-state index in [0.29, 0.717) is 24.5 Å². The Morgan fingerprint density at radius 2 is 1.65 bits per heavy atom. The zero-order valence-electron chi connectivity index (χ0n) is 15.1. The second-order valence-electron chi connectivity index (χ2n) is 6.65. The van der Waals surface area contributed by atoms with E-state index in [2.05, 4.69) is 4.90 Å². The summed E-state index contributed by atoms with van der Waals surface area (Å²) >= 11 is 6.11. The molecule has 2 aliphatic heterocycles. The number of nitrogens with zero attached hydrogens (tertiary/aromatic N) is 4. The van der Waals surface area contributed by atoms with Crippen molar-refractivity contribution in [3.8, 4) is 0 Å². The van der Waals surface area contributed by atoms with Gasteiger partial charge < -0.3 is 4.90 Å². The average molecular weight is 379 g/mol. The predicted octanol–water partition coefficient (Wildman–Crippen LogP) is 1.93. The SMILES string of the molecule is CCCN1C(=O)C(=O)N(CN2CCN(c3cc(Cl)ccc3C)CC2)C1=O. The zero-order chi connectivity index (χ0) is 18.8. The van der Waals surface area contributed by atoms with Crippen LogP contribution in [0.15, 0.2) is 18.2 Å². The van der Waals surface area contributed by atoms with Gasteiger partial charge in [0.15, 0.2) is 0 Å². The lowest BCUT2D eigenvalue weighted by Crippen LogP contribution is -2.51. The normalized spacial score (nSPS) is 19.0. The van der Waals surface area contributed by atoms with Gasteiger partial charge >= 0.3 is 17.8 Å². The average Bonchev–Trinajstić information content (AvgIpc) is 2.83. The number of carbonyl (C=O) groups is 3. The lowest BCUT2D eigenvalue weighted by Gasteiger charge is -2.37. The minimum absolute atomic E-state index is 0.159. The van der Waals surface area contributed by atoms with Gasteiger partial charge in [0.1, 0.15) is 0 Å². The van der Waals surface area contributed by atoms with Crippen LogP contribution in [0.1, 0.15) is 18.9 Å². The highest BCUT2D eigenvalue weighted by atomic mass is 35.5. The molecular formula is C18H23ClN4O3. The number of aryl methyl sites for hydroxylation is 1. The first kappa shape index (κ1) is 18.7. The zero-order valence-corrected chi connectivity index (χ0v) is 15.8. The van der Waals surface area contributed by atoms with Crippen molar-refractivity contribution in [1.82, 2.24) is 14.7 Å². The topological polar surface area (TPSA) is 64.2 Å². The van der Waals surface area contributed by atoms with Gasteiger partial charge in [-0.15, -0.1) is 0 Å². The molecule has 2 saturated heterocycles. The number of urea groups is 1. The fraction of sp³-hybridized carbons (Fsp3) is 0.500. The van der Waals surface area contributed by atoms with Crippen LogP contribution in [0, 0.1) is 6.92 Å². The molecule has 4 amide bonds. The number of anilines is 1. The highest BCUT2D eigenvalue weighted by molar-refractivity contribution is 6.44. The van der Waals surface area contributed by atoms with Crippen molar-refractivity contribution >= 4 is 35.1 Å². The van der Waals surface area contributed by atoms with E-state index in [-0.39, 0.29) is 13.2 Å². The Labute approximate surface area is 158 Å². The molecule has 1 aromatic rings. The highest BCUT2D eigenvalue weighted by Gasteiger charge is 2.44. The maximum absolute atomic E-state index is 12.3. The Morgan fingerprint density at radius 3 is 2.31 bits per heavy atom. The van der Waals surface area contributed by atoms with Gasteiger partial charge in [0, 0.05) is 43.4 Å². The van der Waals surface area contributed by atoms with Crippen LogP contribution in [0.25, 0.3) is 0 Å². The number of amides is 4. The second kappa shape index (κ2) is 7.63. The molecule has 8 heteroatoms. The maximum atomic E-state index is 12.3. The third kappa shape index (κ3) is 3.54. The van der Waals surface area contributed by atoms with Crippen LogP contribution in [-0.4, -0.2) is 71.9 Å². The second-order valence-corrected chi connectivity index (χ2v) is 7.09. The van der Waals surface area contributed by atoms with Crippen LogP contribution < -0.4 is 4.90 Å². The molecule has 0 N–H and O–H groups in total. The van der Waals surface area contributed by atoms with Gasteiger partial charge in [-0.2, -0.15) is 0 Å². The molecule has 3 rings (SSSR count). The van der Waals surface area contributed by atoms with E-state index in [0.717, 1.165) is 34.1 Å². The van der Waals surface area contributed by atoms with Crippen molar-refractivity contribution in [3.63, 3.8) is 0 Å². The van der Waals surface area contributed by atoms with E-state index in [9.17, 15) is 14.4 Å². The molecule has 2 aliphatic rings. The van der Waals surface area contributed by atoms with Gasteiger partial charge in [-0.1, -0.05) is 24.6 Å². The number of halogens is 1. The predicted molar refractivity (Wildman–Crippen MR) is 99.1 cm³/mol. The van der Waals surface area contributed by atoms with Gasteiger partial charge in [-0.25, -0.2) is 9.69 Å². The van der Waals surface area contributed by atoms with Gasteiger partial charge in [-0.3, -0.25) is 19.4 Å². The summed E-state index contributed by atoms with van der Waals surface area (Å²) in [5.74, 6) is -1.44. The smallest absolute Gasteiger partial charge is 0.335 e. The molecule has 0 bridgehead atoms. The van der Waals surface area contributed by atoms with Gasteiger partial charge in [0.2, 0.25) is 0 Å². The summed E-state index contributed by atoms with van der Waals surface area (Å²) < 4.78 is 0. The standard InChI is InChI=1S/C18H23ClN4O3/c1-3-6-22-16(24)17(25)23(18(22)26)12-20-7-9-21(10-8-20)15-11-14(19)5-4-13(15)2/h4-5,11H,3,6-10,12H2,1-2H3. The molecule has 0 unspecified atom stereocenters.